The van der Waals surface area contributed by atoms with Crippen LogP contribution in [0.25, 0.3) is 0 Å². The molecule has 0 amide bonds. The summed E-state index contributed by atoms with van der Waals surface area (Å²) < 4.78 is 27.1. The second-order valence-electron chi connectivity index (χ2n) is 8.65. The highest BCUT2D eigenvalue weighted by Crippen LogP contribution is 2.42. The van der Waals surface area contributed by atoms with Gasteiger partial charge in [-0.3, -0.25) is 0 Å². The van der Waals surface area contributed by atoms with Crippen molar-refractivity contribution >= 4 is 7.12 Å². The van der Waals surface area contributed by atoms with E-state index < -0.39 is 18.3 Å². The van der Waals surface area contributed by atoms with Crippen LogP contribution in [0.4, 0.5) is 4.39 Å². The maximum atomic E-state index is 15.3. The fraction of sp³-hybridized carbons (Fsp3) is 0.600. The molecule has 1 saturated heterocycles. The Balaban J connectivity index is 2.25. The molecule has 1 heterocycles. The van der Waals surface area contributed by atoms with Crippen LogP contribution in [0.1, 0.15) is 60.5 Å². The van der Waals surface area contributed by atoms with Gasteiger partial charge in [0.2, 0.25) is 0 Å². The van der Waals surface area contributed by atoms with Crippen molar-refractivity contribution < 1.29 is 13.7 Å². The van der Waals surface area contributed by atoms with Gasteiger partial charge in [-0.25, -0.2) is 4.39 Å². The molecule has 0 aliphatic carbocycles. The van der Waals surface area contributed by atoms with E-state index in [1.807, 2.05) is 66.7 Å². The van der Waals surface area contributed by atoms with Gasteiger partial charge in [0, 0.05) is 0 Å². The van der Waals surface area contributed by atoms with E-state index in [9.17, 15) is 0 Å². The molecule has 1 fully saturated rings. The molecule has 0 bridgehead atoms. The minimum atomic E-state index is -0.917. The van der Waals surface area contributed by atoms with Gasteiger partial charge in [0.25, 0.3) is 0 Å². The summed E-state index contributed by atoms with van der Waals surface area (Å²) in [4.78, 5) is 0. The Morgan fingerprint density at radius 2 is 1.50 bits per heavy atom. The second kappa shape index (κ2) is 6.64. The van der Waals surface area contributed by atoms with Gasteiger partial charge in [0.05, 0.1) is 11.2 Å². The Bertz CT molecular complexity index is 584. The van der Waals surface area contributed by atoms with Crippen molar-refractivity contribution in [2.45, 2.75) is 72.5 Å². The van der Waals surface area contributed by atoms with E-state index in [0.717, 1.165) is 12.0 Å². The molecule has 1 aliphatic heterocycles. The number of halogens is 1. The lowest BCUT2D eigenvalue weighted by atomic mass is 9.74. The lowest BCUT2D eigenvalue weighted by Crippen LogP contribution is -2.41. The molecule has 2 rings (SSSR count). The van der Waals surface area contributed by atoms with Crippen molar-refractivity contribution in [1.29, 1.82) is 0 Å². The molecular weight excluding hydrogens is 302 g/mol. The first kappa shape index (κ1) is 19.2. The average molecular weight is 332 g/mol. The summed E-state index contributed by atoms with van der Waals surface area (Å²) in [6.07, 6.45) is 1.46. The molecule has 1 aliphatic rings. The van der Waals surface area contributed by atoms with Crippen LogP contribution in [0, 0.1) is 5.41 Å². The Kier molecular flexibility index (Phi) is 5.32. The number of rotatable bonds is 4. The molecule has 0 unspecified atom stereocenters. The number of benzene rings is 1. The standard InChI is InChI=1S/C20H30BFO2/c1-18(2,3)16(14-13-15-11-9-8-10-12-15)17(22)21-23-19(4,5)20(6,7)24-21/h8-12H,13-14H2,1-7H3. The molecule has 132 valence electrons. The summed E-state index contributed by atoms with van der Waals surface area (Å²) in [5.74, 6) is 0. The molecule has 0 N–H and O–H groups in total. The normalized spacial score (nSPS) is 20.9. The topological polar surface area (TPSA) is 18.5 Å². The molecule has 0 radical (unpaired) electrons. The average Bonchev–Trinajstić information content (AvgIpc) is 2.67. The van der Waals surface area contributed by atoms with E-state index in [-0.39, 0.29) is 11.1 Å². The van der Waals surface area contributed by atoms with E-state index in [2.05, 4.69) is 12.1 Å². The number of allylic oxidation sites excluding steroid dienone is 1. The van der Waals surface area contributed by atoms with E-state index in [4.69, 9.17) is 9.31 Å². The predicted octanol–water partition coefficient (Wildman–Crippen LogP) is 5.52. The first-order chi connectivity index (χ1) is 10.9. The third kappa shape index (κ3) is 4.09. The maximum absolute atomic E-state index is 15.3. The zero-order valence-corrected chi connectivity index (χ0v) is 16.1. The van der Waals surface area contributed by atoms with Crippen molar-refractivity contribution in [3.8, 4) is 0 Å². The Morgan fingerprint density at radius 3 is 1.96 bits per heavy atom. The van der Waals surface area contributed by atoms with Crippen LogP contribution in [-0.4, -0.2) is 18.3 Å². The van der Waals surface area contributed by atoms with Crippen LogP contribution >= 0.6 is 0 Å². The summed E-state index contributed by atoms with van der Waals surface area (Å²) in [5, 5.41) is 0. The van der Waals surface area contributed by atoms with Crippen LogP contribution in [0.5, 0.6) is 0 Å². The lowest BCUT2D eigenvalue weighted by Gasteiger charge is -2.32. The summed E-state index contributed by atoms with van der Waals surface area (Å²) >= 11 is 0. The fourth-order valence-corrected chi connectivity index (χ4v) is 2.86. The van der Waals surface area contributed by atoms with E-state index >= 15 is 4.39 Å². The molecular formula is C20H30BFO2. The summed E-state index contributed by atoms with van der Waals surface area (Å²) in [5.41, 5.74) is 0.375. The molecule has 24 heavy (non-hydrogen) atoms. The first-order valence-corrected chi connectivity index (χ1v) is 8.73. The number of aryl methyl sites for hydroxylation is 1. The van der Waals surface area contributed by atoms with E-state index in [0.29, 0.717) is 6.42 Å². The molecule has 2 nitrogen and oxygen atoms in total. The van der Waals surface area contributed by atoms with Crippen LogP contribution < -0.4 is 0 Å². The smallest absolute Gasteiger partial charge is 0.398 e. The van der Waals surface area contributed by atoms with Gasteiger partial charge in [-0.15, -0.1) is 0 Å². The Morgan fingerprint density at radius 1 is 1.00 bits per heavy atom. The largest absolute Gasteiger partial charge is 0.525 e. The van der Waals surface area contributed by atoms with Gasteiger partial charge in [-0.05, 0) is 57.1 Å². The molecule has 1 aromatic carbocycles. The van der Waals surface area contributed by atoms with Crippen LogP contribution in [0.15, 0.2) is 41.6 Å². The Labute approximate surface area is 146 Å². The third-order valence-corrected chi connectivity index (χ3v) is 5.16. The quantitative estimate of drug-likeness (QED) is 0.676. The van der Waals surface area contributed by atoms with E-state index in [1.54, 1.807) is 0 Å². The van der Waals surface area contributed by atoms with Gasteiger partial charge >= 0.3 is 7.12 Å². The van der Waals surface area contributed by atoms with Crippen molar-refractivity contribution in [2.75, 3.05) is 0 Å². The summed E-state index contributed by atoms with van der Waals surface area (Å²) in [6, 6.07) is 10.2. The number of hydrogen-bond donors (Lipinski definition) is 0. The molecule has 0 atom stereocenters. The lowest BCUT2D eigenvalue weighted by molar-refractivity contribution is 0.00578. The van der Waals surface area contributed by atoms with Gasteiger partial charge in [0.1, 0.15) is 5.73 Å². The summed E-state index contributed by atoms with van der Waals surface area (Å²) in [7, 11) is -0.917. The zero-order valence-electron chi connectivity index (χ0n) is 16.1. The SMILES string of the molecule is CC(C)(C)C(CCc1ccccc1)=C(F)B1OC(C)(C)C(C)(C)O1. The van der Waals surface area contributed by atoms with Crippen LogP contribution in [-0.2, 0) is 15.7 Å². The zero-order chi connectivity index (χ0) is 18.2. The van der Waals surface area contributed by atoms with Crippen molar-refractivity contribution in [1.82, 2.24) is 0 Å². The molecule has 0 aromatic heterocycles. The fourth-order valence-electron chi connectivity index (χ4n) is 2.86. The minimum absolute atomic E-state index is 0.267. The van der Waals surface area contributed by atoms with Gasteiger partial charge in [-0.2, -0.15) is 0 Å². The van der Waals surface area contributed by atoms with Gasteiger partial charge in [-0.1, -0.05) is 51.1 Å². The molecule has 1 aromatic rings. The monoisotopic (exact) mass is 332 g/mol. The highest BCUT2D eigenvalue weighted by atomic mass is 19.1. The van der Waals surface area contributed by atoms with Crippen molar-refractivity contribution in [2.24, 2.45) is 5.41 Å². The van der Waals surface area contributed by atoms with Gasteiger partial charge < -0.3 is 9.31 Å². The third-order valence-electron chi connectivity index (χ3n) is 5.16. The van der Waals surface area contributed by atoms with Crippen LogP contribution in [0.2, 0.25) is 0 Å². The van der Waals surface area contributed by atoms with Crippen molar-refractivity contribution in [3.05, 3.63) is 47.2 Å². The highest BCUT2D eigenvalue weighted by molar-refractivity contribution is 6.53. The molecule has 0 spiro atoms. The molecule has 0 saturated carbocycles. The van der Waals surface area contributed by atoms with Gasteiger partial charge in [0.15, 0.2) is 0 Å². The van der Waals surface area contributed by atoms with Crippen LogP contribution in [0.3, 0.4) is 0 Å². The predicted molar refractivity (Wildman–Crippen MR) is 98.4 cm³/mol. The maximum Gasteiger partial charge on any atom is 0.525 e. The Hall–Kier alpha value is -1.13. The second-order valence-corrected chi connectivity index (χ2v) is 8.65. The number of hydrogen-bond acceptors (Lipinski definition) is 2. The first-order valence-electron chi connectivity index (χ1n) is 8.73. The van der Waals surface area contributed by atoms with Crippen molar-refractivity contribution in [3.63, 3.8) is 0 Å². The summed E-state index contributed by atoms with van der Waals surface area (Å²) in [6.45, 7) is 13.9. The van der Waals surface area contributed by atoms with E-state index in [1.165, 1.54) is 5.56 Å². The highest BCUT2D eigenvalue weighted by Gasteiger charge is 2.53. The minimum Gasteiger partial charge on any atom is -0.398 e. The molecule has 4 heteroatoms.